The Hall–Kier alpha value is -1.53. The van der Waals surface area contributed by atoms with Crippen LogP contribution in [0.2, 0.25) is 0 Å². The lowest BCUT2D eigenvalue weighted by Gasteiger charge is -2.45. The van der Waals surface area contributed by atoms with Gasteiger partial charge in [-0.15, -0.1) is 0 Å². The number of fused-ring (bicyclic) bond motifs is 1. The molecule has 0 aromatic carbocycles. The van der Waals surface area contributed by atoms with Gasteiger partial charge in [-0.2, -0.15) is 35.1 Å². The van der Waals surface area contributed by atoms with Crippen LogP contribution in [0.4, 0.5) is 35.1 Å². The molecule has 1 saturated carbocycles. The second kappa shape index (κ2) is 12.5. The summed E-state index contributed by atoms with van der Waals surface area (Å²) in [4.78, 5) is 4.38. The minimum absolute atomic E-state index is 0.0121. The number of ether oxygens (including phenoxy) is 1. The molecule has 7 atom stereocenters. The van der Waals surface area contributed by atoms with Crippen LogP contribution in [-0.2, 0) is 4.74 Å². The fraction of sp³-hybridized carbons (Fsp3) is 0.960. The molecule has 42 heavy (non-hydrogen) atoms. The highest BCUT2D eigenvalue weighted by Crippen LogP contribution is 2.38. The monoisotopic (exact) mass is 620 g/mol. The standard InChI is InChI=1S/C25H40F8N8O/c1-39-11-17(25(31,32)33)37-19(39)14-6-4-13(5-7-14)10-40-20-16(41(23(40)34)12-24(28,29)30)9-36-18(38-20)15-3-2-8-35-21(15)42-22(26)27/h13-22,34-38H,2-12H2,1H3. The Morgan fingerprint density at radius 2 is 1.67 bits per heavy atom. The average Bonchev–Trinajstić information content (AvgIpc) is 3.42. The Kier molecular flexibility index (Phi) is 9.46. The van der Waals surface area contributed by atoms with Gasteiger partial charge >= 0.3 is 19.0 Å². The lowest BCUT2D eigenvalue weighted by atomic mass is 9.80. The van der Waals surface area contributed by atoms with E-state index in [1.165, 1.54) is 0 Å². The molecule has 0 spiro atoms. The molecule has 5 aliphatic rings. The van der Waals surface area contributed by atoms with Crippen molar-refractivity contribution in [1.29, 1.82) is 5.41 Å². The summed E-state index contributed by atoms with van der Waals surface area (Å²) in [7, 11) is 1.67. The highest BCUT2D eigenvalue weighted by atomic mass is 19.4. The van der Waals surface area contributed by atoms with Crippen LogP contribution in [0.15, 0.2) is 0 Å². The number of hydrogen-bond donors (Lipinski definition) is 5. The summed E-state index contributed by atoms with van der Waals surface area (Å²) >= 11 is 0. The third-order valence-electron chi connectivity index (χ3n) is 9.52. The zero-order valence-corrected chi connectivity index (χ0v) is 23.3. The average molecular weight is 621 g/mol. The number of guanidine groups is 1. The molecule has 5 rings (SSSR count). The molecule has 0 bridgehead atoms. The fourth-order valence-corrected chi connectivity index (χ4v) is 7.54. The van der Waals surface area contributed by atoms with Crippen molar-refractivity contribution in [2.24, 2.45) is 17.8 Å². The van der Waals surface area contributed by atoms with E-state index in [2.05, 4.69) is 21.3 Å². The van der Waals surface area contributed by atoms with Gasteiger partial charge < -0.3 is 14.5 Å². The molecular formula is C25H40F8N8O. The van der Waals surface area contributed by atoms with Gasteiger partial charge in [0.25, 0.3) is 0 Å². The van der Waals surface area contributed by atoms with Crippen LogP contribution in [0.25, 0.3) is 0 Å². The van der Waals surface area contributed by atoms with E-state index in [1.54, 1.807) is 16.8 Å². The minimum atomic E-state index is -4.53. The van der Waals surface area contributed by atoms with Gasteiger partial charge in [0.15, 0.2) is 5.96 Å². The van der Waals surface area contributed by atoms with Crippen LogP contribution in [0, 0.1) is 23.2 Å². The van der Waals surface area contributed by atoms with Gasteiger partial charge in [-0.05, 0) is 64.0 Å². The lowest BCUT2D eigenvalue weighted by Crippen LogP contribution is -2.69. The normalized spacial score (nSPS) is 38.9. The van der Waals surface area contributed by atoms with E-state index in [-0.39, 0.29) is 30.9 Å². The SMILES string of the molecule is CN1CC(C(F)(F)F)NC1C1CCC(CN2C(=N)N(CC(F)(F)F)C3CNC(C4CCCNC4OC(F)F)NC32)CC1. The molecule has 242 valence electrons. The molecule has 7 unspecified atom stereocenters. The molecular weight excluding hydrogens is 580 g/mol. The summed E-state index contributed by atoms with van der Waals surface area (Å²) in [6, 6.07) is -2.27. The number of halogens is 8. The maximum atomic E-state index is 13.5. The molecule has 0 radical (unpaired) electrons. The molecule has 5 N–H and O–H groups in total. The topological polar surface area (TPSA) is 90.9 Å². The van der Waals surface area contributed by atoms with Crippen molar-refractivity contribution in [2.45, 2.75) is 94.3 Å². The van der Waals surface area contributed by atoms with E-state index in [0.29, 0.717) is 45.2 Å². The van der Waals surface area contributed by atoms with E-state index in [9.17, 15) is 35.1 Å². The van der Waals surface area contributed by atoms with Gasteiger partial charge in [0.1, 0.15) is 25.0 Å². The van der Waals surface area contributed by atoms with Crippen molar-refractivity contribution in [3.05, 3.63) is 0 Å². The van der Waals surface area contributed by atoms with Crippen molar-refractivity contribution < 1.29 is 39.9 Å². The third kappa shape index (κ3) is 7.06. The number of likely N-dealkylation sites (N-methyl/N-ethyl adjacent to an activating group) is 1. The number of hydrogen-bond acceptors (Lipinski definition) is 7. The second-order valence-corrected chi connectivity index (χ2v) is 12.3. The third-order valence-corrected chi connectivity index (χ3v) is 9.52. The van der Waals surface area contributed by atoms with Gasteiger partial charge in [0.05, 0.1) is 18.4 Å². The maximum Gasteiger partial charge on any atom is 0.406 e. The smallest absolute Gasteiger partial charge is 0.326 e. The van der Waals surface area contributed by atoms with E-state index in [4.69, 9.17) is 10.1 Å². The van der Waals surface area contributed by atoms with Gasteiger partial charge in [0, 0.05) is 25.6 Å². The summed E-state index contributed by atoms with van der Waals surface area (Å²) in [5, 5.41) is 20.9. The number of piperidine rings is 1. The van der Waals surface area contributed by atoms with Gasteiger partial charge in [0.2, 0.25) is 0 Å². The zero-order valence-electron chi connectivity index (χ0n) is 23.3. The quantitative estimate of drug-likeness (QED) is 0.278. The van der Waals surface area contributed by atoms with Crippen LogP contribution in [0.5, 0.6) is 0 Å². The van der Waals surface area contributed by atoms with Crippen molar-refractivity contribution in [3.63, 3.8) is 0 Å². The molecule has 4 saturated heterocycles. The van der Waals surface area contributed by atoms with Crippen LogP contribution >= 0.6 is 0 Å². The summed E-state index contributed by atoms with van der Waals surface area (Å²) in [6.45, 7) is -3.42. The van der Waals surface area contributed by atoms with Gasteiger partial charge in [-0.25, -0.2) is 0 Å². The molecule has 4 heterocycles. The van der Waals surface area contributed by atoms with Crippen LogP contribution in [0.1, 0.15) is 38.5 Å². The Labute approximate surface area is 239 Å². The van der Waals surface area contributed by atoms with Crippen molar-refractivity contribution in [3.8, 4) is 0 Å². The number of nitrogens with zero attached hydrogens (tertiary/aromatic N) is 3. The Morgan fingerprint density at radius 3 is 2.29 bits per heavy atom. The fourth-order valence-electron chi connectivity index (χ4n) is 7.54. The number of rotatable bonds is 7. The molecule has 5 fully saturated rings. The van der Waals surface area contributed by atoms with Crippen molar-refractivity contribution >= 4 is 5.96 Å². The molecule has 1 aliphatic carbocycles. The first-order valence-corrected chi connectivity index (χ1v) is 14.6. The molecule has 4 aliphatic heterocycles. The Balaban J connectivity index is 1.25. The first-order valence-electron chi connectivity index (χ1n) is 14.6. The number of nitrogens with one attached hydrogen (secondary N) is 5. The Bertz CT molecular complexity index is 933. The van der Waals surface area contributed by atoms with Crippen molar-refractivity contribution in [2.75, 3.05) is 39.8 Å². The minimum Gasteiger partial charge on any atom is -0.326 e. The first-order chi connectivity index (χ1) is 19.7. The lowest BCUT2D eigenvalue weighted by molar-refractivity contribution is -0.195. The largest absolute Gasteiger partial charge is 0.406 e. The van der Waals surface area contributed by atoms with Gasteiger partial charge in [-0.3, -0.25) is 31.6 Å². The molecule has 9 nitrogen and oxygen atoms in total. The predicted molar refractivity (Wildman–Crippen MR) is 136 cm³/mol. The second-order valence-electron chi connectivity index (χ2n) is 12.3. The zero-order chi connectivity index (χ0) is 30.4. The molecule has 17 heteroatoms. The van der Waals surface area contributed by atoms with E-state index >= 15 is 0 Å². The highest BCUT2D eigenvalue weighted by Gasteiger charge is 2.52. The van der Waals surface area contributed by atoms with E-state index in [1.807, 2.05) is 0 Å². The molecule has 0 aromatic rings. The molecule has 0 aromatic heterocycles. The Morgan fingerprint density at radius 1 is 0.952 bits per heavy atom. The summed E-state index contributed by atoms with van der Waals surface area (Å²) in [6.07, 6.45) is -7.39. The van der Waals surface area contributed by atoms with Gasteiger partial charge in [-0.1, -0.05) is 0 Å². The maximum absolute atomic E-state index is 13.5. The van der Waals surface area contributed by atoms with Crippen LogP contribution in [-0.4, -0.2) is 116 Å². The van der Waals surface area contributed by atoms with Crippen molar-refractivity contribution in [1.82, 2.24) is 36.0 Å². The highest BCUT2D eigenvalue weighted by molar-refractivity contribution is 5.80. The predicted octanol–water partition coefficient (Wildman–Crippen LogP) is 2.48. The van der Waals surface area contributed by atoms with Crippen LogP contribution in [0.3, 0.4) is 0 Å². The first kappa shape index (κ1) is 31.9. The van der Waals surface area contributed by atoms with Crippen LogP contribution < -0.4 is 21.3 Å². The van der Waals surface area contributed by atoms with E-state index in [0.717, 1.165) is 11.3 Å². The summed E-state index contributed by atoms with van der Waals surface area (Å²) < 4.78 is 111. The number of alkyl halides is 8. The van der Waals surface area contributed by atoms with E-state index < -0.39 is 68.2 Å². The summed E-state index contributed by atoms with van der Waals surface area (Å²) in [5.74, 6) is -0.599. The molecule has 0 amide bonds. The summed E-state index contributed by atoms with van der Waals surface area (Å²) in [5.41, 5.74) is 0.